The SMILES string of the molecule is Cc1cc(OC(=O)c2ccc(Oc3ccc(C(=O)O)cc3)cc2)ccc1OC(=O)c1ccc(Oc2ccc(C(=O)O)cc2)cc1. The van der Waals surface area contributed by atoms with Crippen LogP contribution < -0.4 is 18.9 Å². The van der Waals surface area contributed by atoms with E-state index in [1.807, 2.05) is 0 Å². The zero-order valence-corrected chi connectivity index (χ0v) is 23.6. The van der Waals surface area contributed by atoms with Crippen LogP contribution in [0, 0.1) is 6.92 Å². The van der Waals surface area contributed by atoms with E-state index in [1.165, 1.54) is 72.8 Å². The number of benzene rings is 5. The van der Waals surface area contributed by atoms with Crippen LogP contribution in [0.5, 0.6) is 34.5 Å². The summed E-state index contributed by atoms with van der Waals surface area (Å²) in [7, 11) is 0. The molecule has 0 atom stereocenters. The van der Waals surface area contributed by atoms with Gasteiger partial charge in [-0.3, -0.25) is 0 Å². The van der Waals surface area contributed by atoms with Crippen LogP contribution >= 0.6 is 0 Å². The van der Waals surface area contributed by atoms with Crippen LogP contribution in [-0.2, 0) is 0 Å². The van der Waals surface area contributed by atoms with Gasteiger partial charge < -0.3 is 29.2 Å². The van der Waals surface area contributed by atoms with Gasteiger partial charge in [0, 0.05) is 0 Å². The topological polar surface area (TPSA) is 146 Å². The fourth-order valence-electron chi connectivity index (χ4n) is 4.05. The van der Waals surface area contributed by atoms with Gasteiger partial charge in [0.05, 0.1) is 22.3 Å². The number of carboxylic acid groups (broad SMARTS) is 2. The van der Waals surface area contributed by atoms with Crippen LogP contribution in [0.1, 0.15) is 47.0 Å². The van der Waals surface area contributed by atoms with Crippen molar-refractivity contribution in [3.8, 4) is 34.5 Å². The molecule has 0 amide bonds. The monoisotopic (exact) mass is 604 g/mol. The van der Waals surface area contributed by atoms with Gasteiger partial charge in [0.15, 0.2) is 0 Å². The highest BCUT2D eigenvalue weighted by molar-refractivity contribution is 5.92. The molecule has 224 valence electrons. The molecule has 0 radical (unpaired) electrons. The number of carbonyl (C=O) groups excluding carboxylic acids is 2. The molecular formula is C35H24O10. The number of hydrogen-bond acceptors (Lipinski definition) is 8. The quantitative estimate of drug-likeness (QED) is 0.122. The van der Waals surface area contributed by atoms with Gasteiger partial charge in [-0.25, -0.2) is 19.2 Å². The Morgan fingerprint density at radius 3 is 1.13 bits per heavy atom. The number of ether oxygens (including phenoxy) is 4. The van der Waals surface area contributed by atoms with Gasteiger partial charge in [0.1, 0.15) is 34.5 Å². The minimum Gasteiger partial charge on any atom is -0.478 e. The van der Waals surface area contributed by atoms with E-state index in [2.05, 4.69) is 0 Å². The van der Waals surface area contributed by atoms with E-state index in [0.29, 0.717) is 28.6 Å². The van der Waals surface area contributed by atoms with Gasteiger partial charge in [-0.15, -0.1) is 0 Å². The van der Waals surface area contributed by atoms with Gasteiger partial charge >= 0.3 is 23.9 Å². The molecule has 45 heavy (non-hydrogen) atoms. The van der Waals surface area contributed by atoms with E-state index in [9.17, 15) is 19.2 Å². The largest absolute Gasteiger partial charge is 0.478 e. The van der Waals surface area contributed by atoms with Crippen LogP contribution in [-0.4, -0.2) is 34.1 Å². The predicted molar refractivity (Wildman–Crippen MR) is 161 cm³/mol. The van der Waals surface area contributed by atoms with E-state index < -0.39 is 23.9 Å². The number of carboxylic acids is 2. The van der Waals surface area contributed by atoms with E-state index in [4.69, 9.17) is 29.2 Å². The highest BCUT2D eigenvalue weighted by Gasteiger charge is 2.14. The summed E-state index contributed by atoms with van der Waals surface area (Å²) in [6, 6.07) is 29.0. The Morgan fingerprint density at radius 1 is 0.444 bits per heavy atom. The molecule has 0 spiro atoms. The van der Waals surface area contributed by atoms with Gasteiger partial charge in [-0.05, 0) is 128 Å². The van der Waals surface area contributed by atoms with E-state index in [1.54, 1.807) is 49.4 Å². The summed E-state index contributed by atoms with van der Waals surface area (Å²) in [5, 5.41) is 18.0. The zero-order valence-electron chi connectivity index (χ0n) is 23.6. The molecule has 0 aromatic heterocycles. The Hall–Kier alpha value is -6.42. The zero-order chi connectivity index (χ0) is 31.9. The minimum absolute atomic E-state index is 0.143. The standard InChI is InChI=1S/C35H24O10/c1-21-20-30(44-34(40)24-6-14-28(15-7-24)42-26-10-2-22(3-11-26)32(36)37)18-19-31(21)45-35(41)25-8-16-29(17-9-25)43-27-12-4-23(5-13-27)33(38)39/h2-20H,1H3,(H,36,37)(H,38,39). The maximum atomic E-state index is 12.7. The molecule has 5 aromatic rings. The van der Waals surface area contributed by atoms with Crippen molar-refractivity contribution in [2.75, 3.05) is 0 Å². The lowest BCUT2D eigenvalue weighted by Gasteiger charge is -2.11. The van der Waals surface area contributed by atoms with Gasteiger partial charge in [-0.1, -0.05) is 0 Å². The molecule has 5 rings (SSSR count). The van der Waals surface area contributed by atoms with Crippen molar-refractivity contribution < 1.29 is 48.3 Å². The lowest BCUT2D eigenvalue weighted by atomic mass is 10.2. The molecule has 0 heterocycles. The maximum Gasteiger partial charge on any atom is 0.343 e. The molecule has 0 bridgehead atoms. The first-order chi connectivity index (χ1) is 21.6. The van der Waals surface area contributed by atoms with E-state index in [-0.39, 0.29) is 33.8 Å². The molecule has 10 heteroatoms. The molecule has 0 saturated carbocycles. The molecule has 2 N–H and O–H groups in total. The molecule has 0 saturated heterocycles. The second-order valence-electron chi connectivity index (χ2n) is 9.62. The normalized spacial score (nSPS) is 10.4. The average molecular weight is 605 g/mol. The second-order valence-corrected chi connectivity index (χ2v) is 9.62. The average Bonchev–Trinajstić information content (AvgIpc) is 3.03. The Bertz CT molecular complexity index is 1860. The number of hydrogen-bond donors (Lipinski definition) is 2. The number of aromatic carboxylic acids is 2. The Labute approximate surface area is 256 Å². The molecule has 0 aliphatic rings. The highest BCUT2D eigenvalue weighted by Crippen LogP contribution is 2.27. The lowest BCUT2D eigenvalue weighted by molar-refractivity contribution is 0.0686. The van der Waals surface area contributed by atoms with Crippen molar-refractivity contribution >= 4 is 23.9 Å². The molecule has 0 unspecified atom stereocenters. The number of aryl methyl sites for hydroxylation is 1. The maximum absolute atomic E-state index is 12.7. The molecular weight excluding hydrogens is 580 g/mol. The molecule has 0 aliphatic heterocycles. The van der Waals surface area contributed by atoms with Crippen LogP contribution in [0.3, 0.4) is 0 Å². The van der Waals surface area contributed by atoms with Crippen molar-refractivity contribution in [3.05, 3.63) is 143 Å². The summed E-state index contributed by atoms with van der Waals surface area (Å²) in [5.41, 5.74) is 1.41. The van der Waals surface area contributed by atoms with Crippen LogP contribution in [0.2, 0.25) is 0 Å². The Balaban J connectivity index is 1.15. The first-order valence-corrected chi connectivity index (χ1v) is 13.4. The number of rotatable bonds is 10. The second kappa shape index (κ2) is 13.3. The van der Waals surface area contributed by atoms with Crippen LogP contribution in [0.4, 0.5) is 0 Å². The molecule has 10 nitrogen and oxygen atoms in total. The third-order valence-corrected chi connectivity index (χ3v) is 6.41. The summed E-state index contributed by atoms with van der Waals surface area (Å²) in [6.07, 6.45) is 0. The fraction of sp³-hybridized carbons (Fsp3) is 0.0286. The minimum atomic E-state index is -1.03. The fourth-order valence-corrected chi connectivity index (χ4v) is 4.05. The third kappa shape index (κ3) is 7.70. The summed E-state index contributed by atoms with van der Waals surface area (Å²) >= 11 is 0. The summed E-state index contributed by atoms with van der Waals surface area (Å²) in [5.74, 6) is -0.927. The molecule has 5 aromatic carbocycles. The van der Waals surface area contributed by atoms with Crippen LogP contribution in [0.15, 0.2) is 115 Å². The van der Waals surface area contributed by atoms with Crippen molar-refractivity contribution in [1.82, 2.24) is 0 Å². The first kappa shape index (κ1) is 30.1. The third-order valence-electron chi connectivity index (χ3n) is 6.41. The number of esters is 2. The van der Waals surface area contributed by atoms with Crippen LogP contribution in [0.25, 0.3) is 0 Å². The highest BCUT2D eigenvalue weighted by atomic mass is 16.5. The Kier molecular flexibility index (Phi) is 8.86. The molecule has 0 fully saturated rings. The van der Waals surface area contributed by atoms with Gasteiger partial charge in [0.2, 0.25) is 0 Å². The van der Waals surface area contributed by atoms with Crippen molar-refractivity contribution in [2.45, 2.75) is 6.92 Å². The van der Waals surface area contributed by atoms with Crippen molar-refractivity contribution in [2.24, 2.45) is 0 Å². The predicted octanol–water partition coefficient (Wildman–Crippen LogP) is 7.41. The van der Waals surface area contributed by atoms with Gasteiger partial charge in [-0.2, -0.15) is 0 Å². The Morgan fingerprint density at radius 2 is 0.778 bits per heavy atom. The summed E-state index contributed by atoms with van der Waals surface area (Å²) in [4.78, 5) is 47.4. The molecule has 0 aliphatic carbocycles. The summed E-state index contributed by atoms with van der Waals surface area (Å²) in [6.45, 7) is 1.71. The van der Waals surface area contributed by atoms with E-state index >= 15 is 0 Å². The lowest BCUT2D eigenvalue weighted by Crippen LogP contribution is -2.10. The van der Waals surface area contributed by atoms with Crippen molar-refractivity contribution in [3.63, 3.8) is 0 Å². The first-order valence-electron chi connectivity index (χ1n) is 13.4. The summed E-state index contributed by atoms with van der Waals surface area (Å²) < 4.78 is 22.4. The van der Waals surface area contributed by atoms with Gasteiger partial charge in [0.25, 0.3) is 0 Å². The van der Waals surface area contributed by atoms with Crippen molar-refractivity contribution in [1.29, 1.82) is 0 Å². The number of carbonyl (C=O) groups is 4. The smallest absolute Gasteiger partial charge is 0.343 e. The van der Waals surface area contributed by atoms with E-state index in [0.717, 1.165) is 0 Å².